The minimum Gasteiger partial charge on any atom is -0.371 e. The van der Waals surface area contributed by atoms with E-state index < -0.39 is 0 Å². The van der Waals surface area contributed by atoms with Crippen LogP contribution >= 0.6 is 11.6 Å². The van der Waals surface area contributed by atoms with Crippen molar-refractivity contribution in [3.8, 4) is 0 Å². The quantitative estimate of drug-likeness (QED) is 0.745. The number of benzene rings is 1. The summed E-state index contributed by atoms with van der Waals surface area (Å²) in [7, 11) is 0. The summed E-state index contributed by atoms with van der Waals surface area (Å²) in [5.74, 6) is 0.767. The molecule has 0 spiro atoms. The molecule has 1 saturated carbocycles. The number of hydrogen-bond donors (Lipinski definition) is 0. The maximum absolute atomic E-state index is 11.2. The van der Waals surface area contributed by atoms with Crippen LogP contribution in [0.4, 0.5) is 5.69 Å². The van der Waals surface area contributed by atoms with Crippen molar-refractivity contribution in [3.63, 3.8) is 0 Å². The van der Waals surface area contributed by atoms with Crippen LogP contribution in [-0.4, -0.2) is 19.4 Å². The van der Waals surface area contributed by atoms with Crippen LogP contribution in [0.25, 0.3) is 0 Å². The molecule has 0 saturated heterocycles. The summed E-state index contributed by atoms with van der Waals surface area (Å²) in [5.41, 5.74) is 1.60. The van der Waals surface area contributed by atoms with Gasteiger partial charge in [0.2, 0.25) is 0 Å². The molecule has 0 N–H and O–H groups in total. The first-order valence-corrected chi connectivity index (χ1v) is 7.12. The second-order valence-electron chi connectivity index (χ2n) is 4.98. The van der Waals surface area contributed by atoms with Gasteiger partial charge in [-0.2, -0.15) is 0 Å². The zero-order valence-corrected chi connectivity index (χ0v) is 11.6. The molecule has 2 rings (SSSR count). The van der Waals surface area contributed by atoms with Gasteiger partial charge < -0.3 is 4.90 Å². The van der Waals surface area contributed by atoms with Gasteiger partial charge in [0.25, 0.3) is 0 Å². The van der Waals surface area contributed by atoms with Gasteiger partial charge in [-0.05, 0) is 37.8 Å². The van der Waals surface area contributed by atoms with Gasteiger partial charge >= 0.3 is 0 Å². The number of anilines is 1. The maximum Gasteiger partial charge on any atom is 0.153 e. The van der Waals surface area contributed by atoms with Crippen LogP contribution in [0.1, 0.15) is 43.0 Å². The molecule has 0 heterocycles. The lowest BCUT2D eigenvalue weighted by atomic mass is 10.1. The zero-order chi connectivity index (χ0) is 13.0. The van der Waals surface area contributed by atoms with E-state index in [4.69, 9.17) is 11.6 Å². The Labute approximate surface area is 114 Å². The van der Waals surface area contributed by atoms with Gasteiger partial charge in [-0.3, -0.25) is 4.79 Å². The summed E-state index contributed by atoms with van der Waals surface area (Å²) < 4.78 is 0. The Hall–Kier alpha value is -1.02. The second-order valence-corrected chi connectivity index (χ2v) is 5.39. The van der Waals surface area contributed by atoms with Gasteiger partial charge in [0.15, 0.2) is 6.29 Å². The van der Waals surface area contributed by atoms with Gasteiger partial charge in [-0.15, -0.1) is 0 Å². The highest BCUT2D eigenvalue weighted by Gasteiger charge is 2.20. The molecule has 1 fully saturated rings. The fourth-order valence-electron chi connectivity index (χ4n) is 2.82. The molecule has 2 nitrogen and oxygen atoms in total. The molecule has 3 heteroatoms. The normalized spacial score (nSPS) is 15.9. The largest absolute Gasteiger partial charge is 0.371 e. The predicted octanol–water partition coefficient (Wildman–Crippen LogP) is 4.17. The van der Waals surface area contributed by atoms with Gasteiger partial charge in [0, 0.05) is 18.8 Å². The molecule has 0 atom stereocenters. The standard InChI is InChI=1S/C15H20ClNO/c1-2-17(10-12-6-3-4-7-12)15-9-5-8-14(16)13(15)11-18/h5,8-9,11-12H,2-4,6-7,10H2,1H3. The molecule has 1 aliphatic rings. The number of carbonyl (C=O) groups excluding carboxylic acids is 1. The molecule has 0 radical (unpaired) electrons. The molecule has 1 aliphatic carbocycles. The van der Waals surface area contributed by atoms with Crippen molar-refractivity contribution in [2.75, 3.05) is 18.0 Å². The van der Waals surface area contributed by atoms with E-state index >= 15 is 0 Å². The lowest BCUT2D eigenvalue weighted by molar-refractivity contribution is 0.112. The molecule has 0 aromatic heterocycles. The average Bonchev–Trinajstić information content (AvgIpc) is 2.88. The zero-order valence-electron chi connectivity index (χ0n) is 10.9. The first kappa shape index (κ1) is 13.4. The van der Waals surface area contributed by atoms with Crippen LogP contribution in [0.15, 0.2) is 18.2 Å². The minimum atomic E-state index is 0.548. The van der Waals surface area contributed by atoms with E-state index in [1.807, 2.05) is 12.1 Å². The Kier molecular flexibility index (Phi) is 4.65. The third kappa shape index (κ3) is 2.86. The first-order valence-electron chi connectivity index (χ1n) is 6.75. The molecule has 98 valence electrons. The third-order valence-electron chi connectivity index (χ3n) is 3.82. The minimum absolute atomic E-state index is 0.548. The highest BCUT2D eigenvalue weighted by Crippen LogP contribution is 2.30. The van der Waals surface area contributed by atoms with Crippen LogP contribution in [0, 0.1) is 5.92 Å². The lowest BCUT2D eigenvalue weighted by Crippen LogP contribution is -2.29. The van der Waals surface area contributed by atoms with Crippen molar-refractivity contribution in [1.82, 2.24) is 0 Å². The van der Waals surface area contributed by atoms with Crippen LogP contribution in [0.3, 0.4) is 0 Å². The Balaban J connectivity index is 2.20. The van der Waals surface area contributed by atoms with E-state index in [9.17, 15) is 4.79 Å². The average molecular weight is 266 g/mol. The van der Waals surface area contributed by atoms with Crippen molar-refractivity contribution < 1.29 is 4.79 Å². The second kappa shape index (κ2) is 6.24. The predicted molar refractivity (Wildman–Crippen MR) is 76.7 cm³/mol. The summed E-state index contributed by atoms with van der Waals surface area (Å²) in [6.45, 7) is 4.08. The van der Waals surface area contributed by atoms with Crippen molar-refractivity contribution >= 4 is 23.6 Å². The number of nitrogens with zero attached hydrogens (tertiary/aromatic N) is 1. The number of hydrogen-bond acceptors (Lipinski definition) is 2. The van der Waals surface area contributed by atoms with Crippen molar-refractivity contribution in [1.29, 1.82) is 0 Å². The number of rotatable bonds is 5. The van der Waals surface area contributed by atoms with E-state index in [2.05, 4.69) is 11.8 Å². The first-order chi connectivity index (χ1) is 8.76. The Morgan fingerprint density at radius 1 is 1.39 bits per heavy atom. The smallest absolute Gasteiger partial charge is 0.153 e. The molecular weight excluding hydrogens is 246 g/mol. The van der Waals surface area contributed by atoms with E-state index in [-0.39, 0.29) is 0 Å². The molecule has 18 heavy (non-hydrogen) atoms. The van der Waals surface area contributed by atoms with Gasteiger partial charge in [0.05, 0.1) is 10.6 Å². The highest BCUT2D eigenvalue weighted by atomic mass is 35.5. The summed E-state index contributed by atoms with van der Waals surface area (Å²) in [4.78, 5) is 13.5. The van der Waals surface area contributed by atoms with Gasteiger partial charge in [-0.1, -0.05) is 30.5 Å². The Bertz CT molecular complexity index is 413. The van der Waals surface area contributed by atoms with Gasteiger partial charge in [-0.25, -0.2) is 0 Å². The van der Waals surface area contributed by atoms with Crippen LogP contribution in [-0.2, 0) is 0 Å². The summed E-state index contributed by atoms with van der Waals surface area (Å²) in [5, 5.41) is 0.548. The monoisotopic (exact) mass is 265 g/mol. The molecule has 0 bridgehead atoms. The molecule has 1 aromatic carbocycles. The Morgan fingerprint density at radius 2 is 2.11 bits per heavy atom. The number of carbonyl (C=O) groups is 1. The molecule has 0 unspecified atom stereocenters. The van der Waals surface area contributed by atoms with Crippen LogP contribution < -0.4 is 4.90 Å². The summed E-state index contributed by atoms with van der Waals surface area (Å²) in [6.07, 6.45) is 6.19. The van der Waals surface area contributed by atoms with E-state index in [0.717, 1.165) is 31.0 Å². The van der Waals surface area contributed by atoms with E-state index in [1.54, 1.807) is 6.07 Å². The van der Waals surface area contributed by atoms with Crippen molar-refractivity contribution in [2.24, 2.45) is 5.92 Å². The molecule has 1 aromatic rings. The highest BCUT2D eigenvalue weighted by molar-refractivity contribution is 6.33. The number of halogens is 1. The molecule has 0 aliphatic heterocycles. The van der Waals surface area contributed by atoms with Crippen molar-refractivity contribution in [2.45, 2.75) is 32.6 Å². The van der Waals surface area contributed by atoms with Crippen molar-refractivity contribution in [3.05, 3.63) is 28.8 Å². The fraction of sp³-hybridized carbons (Fsp3) is 0.533. The fourth-order valence-corrected chi connectivity index (χ4v) is 3.03. The van der Waals surface area contributed by atoms with Gasteiger partial charge in [0.1, 0.15) is 0 Å². The summed E-state index contributed by atoms with van der Waals surface area (Å²) in [6, 6.07) is 5.69. The number of aldehydes is 1. The maximum atomic E-state index is 11.2. The lowest BCUT2D eigenvalue weighted by Gasteiger charge is -2.27. The SMILES string of the molecule is CCN(CC1CCCC1)c1cccc(Cl)c1C=O. The molecule has 0 amide bonds. The Morgan fingerprint density at radius 3 is 2.72 bits per heavy atom. The van der Waals surface area contributed by atoms with Crippen LogP contribution in [0.5, 0.6) is 0 Å². The topological polar surface area (TPSA) is 20.3 Å². The summed E-state index contributed by atoms with van der Waals surface area (Å²) >= 11 is 6.09. The van der Waals surface area contributed by atoms with Crippen LogP contribution in [0.2, 0.25) is 5.02 Å². The molecular formula is C15H20ClNO. The third-order valence-corrected chi connectivity index (χ3v) is 4.15. The van der Waals surface area contributed by atoms with E-state index in [0.29, 0.717) is 10.6 Å². The van der Waals surface area contributed by atoms with E-state index in [1.165, 1.54) is 25.7 Å².